The van der Waals surface area contributed by atoms with Gasteiger partial charge in [0.05, 0.1) is 0 Å². The van der Waals surface area contributed by atoms with Crippen molar-refractivity contribution in [2.24, 2.45) is 0 Å². The summed E-state index contributed by atoms with van der Waals surface area (Å²) in [6.07, 6.45) is 4.28. The second-order valence-corrected chi connectivity index (χ2v) is 6.25. The molecular weight excluding hydrogens is 258 g/mol. The topological polar surface area (TPSA) is 53.1 Å². The van der Waals surface area contributed by atoms with E-state index in [1.54, 1.807) is 0 Å². The van der Waals surface area contributed by atoms with Crippen molar-refractivity contribution in [1.82, 2.24) is 15.3 Å². The fraction of sp³-hybridized carbons (Fsp3) is 0.692. The van der Waals surface area contributed by atoms with Gasteiger partial charge in [0.25, 0.3) is 0 Å². The summed E-state index contributed by atoms with van der Waals surface area (Å²) in [5.74, 6) is 4.21. The molecule has 2 aliphatic rings. The molecule has 2 saturated heterocycles. The summed E-state index contributed by atoms with van der Waals surface area (Å²) in [4.78, 5) is 11.4. The monoisotopic (exact) mass is 279 g/mol. The van der Waals surface area contributed by atoms with Gasteiger partial charge in [0.15, 0.2) is 0 Å². The molecule has 2 N–H and O–H groups in total. The first-order valence-corrected chi connectivity index (χ1v) is 8.20. The maximum absolute atomic E-state index is 4.66. The molecule has 0 aliphatic carbocycles. The van der Waals surface area contributed by atoms with Crippen LogP contribution in [-0.4, -0.2) is 53.7 Å². The van der Waals surface area contributed by atoms with Gasteiger partial charge in [-0.3, -0.25) is 0 Å². The fourth-order valence-corrected chi connectivity index (χ4v) is 3.45. The second-order valence-electron chi connectivity index (χ2n) is 5.03. The minimum Gasteiger partial charge on any atom is -0.355 e. The average Bonchev–Trinajstić information content (AvgIpc) is 2.49. The highest BCUT2D eigenvalue weighted by Crippen LogP contribution is 2.18. The maximum atomic E-state index is 4.66. The van der Waals surface area contributed by atoms with Crippen LogP contribution in [0.1, 0.15) is 12.8 Å². The van der Waals surface area contributed by atoms with E-state index >= 15 is 0 Å². The van der Waals surface area contributed by atoms with Gasteiger partial charge in [-0.2, -0.15) is 16.7 Å². The van der Waals surface area contributed by atoms with Crippen LogP contribution in [0.2, 0.25) is 0 Å². The van der Waals surface area contributed by atoms with E-state index in [0.29, 0.717) is 6.04 Å². The van der Waals surface area contributed by atoms with Crippen molar-refractivity contribution in [3.8, 4) is 0 Å². The molecular formula is C13H21N5S. The number of anilines is 2. The number of nitrogens with one attached hydrogen (secondary N) is 2. The van der Waals surface area contributed by atoms with Crippen LogP contribution in [0.3, 0.4) is 0 Å². The summed E-state index contributed by atoms with van der Waals surface area (Å²) in [5, 5.41) is 6.85. The Kier molecular flexibility index (Phi) is 4.40. The Labute approximate surface area is 118 Å². The number of thioether (sulfide) groups is 1. The number of hydrogen-bond donors (Lipinski definition) is 2. The van der Waals surface area contributed by atoms with Crippen molar-refractivity contribution in [3.05, 3.63) is 12.3 Å². The van der Waals surface area contributed by atoms with Crippen molar-refractivity contribution in [2.45, 2.75) is 18.9 Å². The highest BCUT2D eigenvalue weighted by atomic mass is 32.2. The van der Waals surface area contributed by atoms with Crippen LogP contribution in [0.15, 0.2) is 12.3 Å². The van der Waals surface area contributed by atoms with Gasteiger partial charge in [0, 0.05) is 43.4 Å². The van der Waals surface area contributed by atoms with Gasteiger partial charge in [0.1, 0.15) is 5.82 Å². The molecule has 0 spiro atoms. The molecule has 0 radical (unpaired) electrons. The average molecular weight is 279 g/mol. The van der Waals surface area contributed by atoms with Crippen molar-refractivity contribution < 1.29 is 0 Å². The van der Waals surface area contributed by atoms with Gasteiger partial charge in [-0.05, 0) is 25.5 Å². The summed E-state index contributed by atoms with van der Waals surface area (Å²) in [6, 6.07) is 2.47. The molecule has 1 aromatic rings. The van der Waals surface area contributed by atoms with E-state index in [1.165, 1.54) is 24.3 Å². The lowest BCUT2D eigenvalue weighted by atomic mass is 10.1. The number of rotatable bonds is 3. The first kappa shape index (κ1) is 13.0. The Bertz CT molecular complexity index is 402. The zero-order valence-electron chi connectivity index (χ0n) is 11.1. The molecule has 3 heterocycles. The SMILES string of the molecule is c1cc(N2CCSCC2)nc(NC2CCCNC2)n1. The lowest BCUT2D eigenvalue weighted by molar-refractivity contribution is 0.478. The second kappa shape index (κ2) is 6.43. The van der Waals surface area contributed by atoms with E-state index in [0.717, 1.165) is 37.9 Å². The smallest absolute Gasteiger partial charge is 0.224 e. The molecule has 2 fully saturated rings. The van der Waals surface area contributed by atoms with Crippen LogP contribution in [0.5, 0.6) is 0 Å². The minimum absolute atomic E-state index is 0.459. The third-order valence-corrected chi connectivity index (χ3v) is 4.55. The molecule has 0 bridgehead atoms. The van der Waals surface area contributed by atoms with E-state index in [-0.39, 0.29) is 0 Å². The number of hydrogen-bond acceptors (Lipinski definition) is 6. The van der Waals surface area contributed by atoms with Crippen LogP contribution >= 0.6 is 11.8 Å². The third-order valence-electron chi connectivity index (χ3n) is 3.61. The van der Waals surface area contributed by atoms with Crippen LogP contribution in [0, 0.1) is 0 Å². The lowest BCUT2D eigenvalue weighted by Gasteiger charge is -2.28. The Morgan fingerprint density at radius 2 is 2.26 bits per heavy atom. The predicted molar refractivity (Wildman–Crippen MR) is 81.1 cm³/mol. The molecule has 6 heteroatoms. The highest BCUT2D eigenvalue weighted by molar-refractivity contribution is 7.99. The molecule has 1 aromatic heterocycles. The van der Waals surface area contributed by atoms with Crippen LogP contribution in [-0.2, 0) is 0 Å². The van der Waals surface area contributed by atoms with Gasteiger partial charge in [-0.15, -0.1) is 0 Å². The van der Waals surface area contributed by atoms with Crippen LogP contribution in [0.4, 0.5) is 11.8 Å². The van der Waals surface area contributed by atoms with E-state index < -0.39 is 0 Å². The molecule has 0 aromatic carbocycles. The maximum Gasteiger partial charge on any atom is 0.224 e. The van der Waals surface area contributed by atoms with E-state index in [4.69, 9.17) is 0 Å². The Morgan fingerprint density at radius 3 is 3.05 bits per heavy atom. The summed E-state index contributed by atoms with van der Waals surface area (Å²) >= 11 is 2.02. The first-order chi connectivity index (χ1) is 9.42. The van der Waals surface area contributed by atoms with Gasteiger partial charge < -0.3 is 15.5 Å². The van der Waals surface area contributed by atoms with Gasteiger partial charge >= 0.3 is 0 Å². The lowest BCUT2D eigenvalue weighted by Crippen LogP contribution is -2.39. The summed E-state index contributed by atoms with van der Waals surface area (Å²) in [6.45, 7) is 4.32. The summed E-state index contributed by atoms with van der Waals surface area (Å²) < 4.78 is 0. The first-order valence-electron chi connectivity index (χ1n) is 7.05. The Hall–Kier alpha value is -1.01. The zero-order chi connectivity index (χ0) is 12.9. The normalized spacial score (nSPS) is 24.2. The van der Waals surface area contributed by atoms with Gasteiger partial charge in [-0.1, -0.05) is 0 Å². The molecule has 3 rings (SSSR count). The molecule has 1 unspecified atom stereocenters. The van der Waals surface area contributed by atoms with E-state index in [9.17, 15) is 0 Å². The predicted octanol–water partition coefficient (Wildman–Crippen LogP) is 1.19. The number of aromatic nitrogens is 2. The number of nitrogens with zero attached hydrogens (tertiary/aromatic N) is 3. The van der Waals surface area contributed by atoms with E-state index in [2.05, 4.69) is 25.5 Å². The third kappa shape index (κ3) is 3.51. The molecule has 1 atom stereocenters. The zero-order valence-corrected chi connectivity index (χ0v) is 12.0. The Balaban J connectivity index is 1.64. The van der Waals surface area contributed by atoms with Crippen LogP contribution in [0.25, 0.3) is 0 Å². The minimum atomic E-state index is 0.459. The van der Waals surface area contributed by atoms with Crippen molar-refractivity contribution in [1.29, 1.82) is 0 Å². The molecule has 104 valence electrons. The highest BCUT2D eigenvalue weighted by Gasteiger charge is 2.16. The van der Waals surface area contributed by atoms with Gasteiger partial charge in [0.2, 0.25) is 5.95 Å². The molecule has 0 saturated carbocycles. The number of piperidine rings is 1. The molecule has 2 aliphatic heterocycles. The van der Waals surface area contributed by atoms with Gasteiger partial charge in [-0.25, -0.2) is 4.98 Å². The largest absolute Gasteiger partial charge is 0.355 e. The summed E-state index contributed by atoms with van der Waals surface area (Å²) in [7, 11) is 0. The Morgan fingerprint density at radius 1 is 1.37 bits per heavy atom. The molecule has 19 heavy (non-hydrogen) atoms. The quantitative estimate of drug-likeness (QED) is 0.867. The molecule has 5 nitrogen and oxygen atoms in total. The van der Waals surface area contributed by atoms with Crippen molar-refractivity contribution in [2.75, 3.05) is 47.9 Å². The summed E-state index contributed by atoms with van der Waals surface area (Å²) in [5.41, 5.74) is 0. The van der Waals surface area contributed by atoms with Crippen molar-refractivity contribution >= 4 is 23.5 Å². The standard InChI is InChI=1S/C13H21N5S/c1-2-11(10-14-4-1)16-13-15-5-3-12(17-13)18-6-8-19-9-7-18/h3,5,11,14H,1-2,4,6-10H2,(H,15,16,17). The van der Waals surface area contributed by atoms with Crippen molar-refractivity contribution in [3.63, 3.8) is 0 Å². The molecule has 0 amide bonds. The van der Waals surface area contributed by atoms with E-state index in [1.807, 2.05) is 24.0 Å². The fourth-order valence-electron chi connectivity index (χ4n) is 2.54. The van der Waals surface area contributed by atoms with Crippen LogP contribution < -0.4 is 15.5 Å².